The molecule has 0 amide bonds. The van der Waals surface area contributed by atoms with Crippen LogP contribution in [0.2, 0.25) is 0 Å². The van der Waals surface area contributed by atoms with Crippen molar-refractivity contribution in [2.75, 3.05) is 20.1 Å². The zero-order valence-electron chi connectivity index (χ0n) is 7.80. The van der Waals surface area contributed by atoms with Gasteiger partial charge in [-0.3, -0.25) is 0 Å². The van der Waals surface area contributed by atoms with E-state index in [2.05, 4.69) is 11.9 Å². The second-order valence-electron chi connectivity index (χ2n) is 4.26. The number of aliphatic hydroxyl groups is 1. The van der Waals surface area contributed by atoms with Gasteiger partial charge in [-0.25, -0.2) is 0 Å². The molecule has 0 saturated carbocycles. The summed E-state index contributed by atoms with van der Waals surface area (Å²) in [5.74, 6) is 0.459. The van der Waals surface area contributed by atoms with Crippen LogP contribution in [-0.4, -0.2) is 35.7 Å². The van der Waals surface area contributed by atoms with Gasteiger partial charge in [0.2, 0.25) is 0 Å². The first-order valence-electron chi connectivity index (χ1n) is 4.41. The van der Waals surface area contributed by atoms with Crippen molar-refractivity contribution < 1.29 is 5.11 Å². The van der Waals surface area contributed by atoms with Crippen LogP contribution in [0.1, 0.15) is 26.7 Å². The fourth-order valence-corrected chi connectivity index (χ4v) is 1.74. The van der Waals surface area contributed by atoms with E-state index in [1.54, 1.807) is 0 Å². The number of rotatable bonds is 1. The largest absolute Gasteiger partial charge is 0.390 e. The lowest BCUT2D eigenvalue weighted by atomic mass is 9.84. The lowest BCUT2D eigenvalue weighted by Crippen LogP contribution is -2.42. The van der Waals surface area contributed by atoms with Gasteiger partial charge in [-0.15, -0.1) is 0 Å². The monoisotopic (exact) mass is 157 g/mol. The summed E-state index contributed by atoms with van der Waals surface area (Å²) in [6.45, 7) is 6.06. The average molecular weight is 157 g/mol. The van der Waals surface area contributed by atoms with E-state index >= 15 is 0 Å². The summed E-state index contributed by atoms with van der Waals surface area (Å²) in [6, 6.07) is 0. The van der Waals surface area contributed by atoms with Gasteiger partial charge in [0.1, 0.15) is 0 Å². The minimum absolute atomic E-state index is 0.459. The molecule has 0 radical (unpaired) electrons. The molecule has 66 valence electrons. The first-order valence-corrected chi connectivity index (χ1v) is 4.41. The molecule has 0 aromatic carbocycles. The summed E-state index contributed by atoms with van der Waals surface area (Å²) < 4.78 is 0. The van der Waals surface area contributed by atoms with Crippen LogP contribution in [0.3, 0.4) is 0 Å². The van der Waals surface area contributed by atoms with Gasteiger partial charge in [0.25, 0.3) is 0 Å². The van der Waals surface area contributed by atoms with Crippen molar-refractivity contribution >= 4 is 0 Å². The highest BCUT2D eigenvalue weighted by Crippen LogP contribution is 2.25. The Morgan fingerprint density at radius 2 is 2.09 bits per heavy atom. The molecule has 1 atom stereocenters. The second kappa shape index (κ2) is 3.11. The van der Waals surface area contributed by atoms with Crippen LogP contribution in [-0.2, 0) is 0 Å². The zero-order valence-corrected chi connectivity index (χ0v) is 7.80. The Morgan fingerprint density at radius 1 is 1.45 bits per heavy atom. The van der Waals surface area contributed by atoms with E-state index in [9.17, 15) is 5.11 Å². The molecule has 0 spiro atoms. The molecule has 0 aromatic rings. The molecule has 2 nitrogen and oxygen atoms in total. The van der Waals surface area contributed by atoms with Crippen molar-refractivity contribution in [3.8, 4) is 0 Å². The lowest BCUT2D eigenvalue weighted by Gasteiger charge is -2.36. The predicted molar refractivity (Wildman–Crippen MR) is 46.5 cm³/mol. The summed E-state index contributed by atoms with van der Waals surface area (Å²) in [5, 5.41) is 9.73. The molecular formula is C9H19NO. The summed E-state index contributed by atoms with van der Waals surface area (Å²) in [5.41, 5.74) is -0.491. The molecule has 11 heavy (non-hydrogen) atoms. The van der Waals surface area contributed by atoms with Crippen LogP contribution >= 0.6 is 0 Å². The highest BCUT2D eigenvalue weighted by molar-refractivity contribution is 4.82. The first kappa shape index (κ1) is 9.01. The smallest absolute Gasteiger partial charge is 0.0632 e. The van der Waals surface area contributed by atoms with Gasteiger partial charge in [-0.1, -0.05) is 0 Å². The van der Waals surface area contributed by atoms with E-state index in [0.717, 1.165) is 6.54 Å². The Balaban J connectivity index is 2.46. The standard InChI is InChI=1S/C9H19NO/c1-9(2,11)8-5-4-6-10(3)7-8/h8,11H,4-7H2,1-3H3/t8-/m1/s1. The van der Waals surface area contributed by atoms with Gasteiger partial charge >= 0.3 is 0 Å². The minimum Gasteiger partial charge on any atom is -0.390 e. The van der Waals surface area contributed by atoms with Crippen LogP contribution in [0.4, 0.5) is 0 Å². The molecule has 1 aliphatic rings. The van der Waals surface area contributed by atoms with Gasteiger partial charge in [-0.2, -0.15) is 0 Å². The topological polar surface area (TPSA) is 23.5 Å². The van der Waals surface area contributed by atoms with Crippen LogP contribution in [0.5, 0.6) is 0 Å². The Labute approximate surface area is 69.2 Å². The third kappa shape index (κ3) is 2.46. The van der Waals surface area contributed by atoms with E-state index in [1.165, 1.54) is 19.4 Å². The Bertz CT molecular complexity index is 128. The summed E-state index contributed by atoms with van der Waals surface area (Å²) >= 11 is 0. The summed E-state index contributed by atoms with van der Waals surface area (Å²) in [6.07, 6.45) is 2.40. The molecule has 1 heterocycles. The molecule has 2 heteroatoms. The van der Waals surface area contributed by atoms with E-state index in [1.807, 2.05) is 13.8 Å². The van der Waals surface area contributed by atoms with Crippen LogP contribution in [0.15, 0.2) is 0 Å². The Kier molecular flexibility index (Phi) is 2.55. The fraction of sp³-hybridized carbons (Fsp3) is 1.00. The molecule has 1 fully saturated rings. The van der Waals surface area contributed by atoms with E-state index in [-0.39, 0.29) is 0 Å². The Hall–Kier alpha value is -0.0800. The molecule has 1 N–H and O–H groups in total. The molecule has 1 aliphatic heterocycles. The predicted octanol–water partition coefficient (Wildman–Crippen LogP) is 1.10. The molecule has 0 bridgehead atoms. The maximum Gasteiger partial charge on any atom is 0.0632 e. The van der Waals surface area contributed by atoms with Crippen LogP contribution in [0.25, 0.3) is 0 Å². The van der Waals surface area contributed by atoms with Gasteiger partial charge < -0.3 is 10.0 Å². The van der Waals surface area contributed by atoms with Gasteiger partial charge in [0.15, 0.2) is 0 Å². The molecular weight excluding hydrogens is 138 g/mol. The highest BCUT2D eigenvalue weighted by Gasteiger charge is 2.29. The third-order valence-corrected chi connectivity index (χ3v) is 2.62. The van der Waals surface area contributed by atoms with Gasteiger partial charge in [-0.05, 0) is 46.2 Å². The number of piperidine rings is 1. The molecule has 0 aliphatic carbocycles. The van der Waals surface area contributed by atoms with Crippen molar-refractivity contribution in [3.63, 3.8) is 0 Å². The van der Waals surface area contributed by atoms with E-state index < -0.39 is 5.60 Å². The summed E-state index contributed by atoms with van der Waals surface area (Å²) in [4.78, 5) is 2.30. The summed E-state index contributed by atoms with van der Waals surface area (Å²) in [7, 11) is 2.12. The fourth-order valence-electron chi connectivity index (χ4n) is 1.74. The lowest BCUT2D eigenvalue weighted by molar-refractivity contribution is -0.0135. The minimum atomic E-state index is -0.491. The zero-order chi connectivity index (χ0) is 8.48. The van der Waals surface area contributed by atoms with Crippen molar-refractivity contribution in [2.24, 2.45) is 5.92 Å². The van der Waals surface area contributed by atoms with E-state index in [0.29, 0.717) is 5.92 Å². The third-order valence-electron chi connectivity index (χ3n) is 2.62. The quantitative estimate of drug-likeness (QED) is 0.616. The second-order valence-corrected chi connectivity index (χ2v) is 4.26. The van der Waals surface area contributed by atoms with Gasteiger partial charge in [0, 0.05) is 6.54 Å². The Morgan fingerprint density at radius 3 is 2.45 bits per heavy atom. The van der Waals surface area contributed by atoms with Crippen molar-refractivity contribution in [3.05, 3.63) is 0 Å². The van der Waals surface area contributed by atoms with Crippen LogP contribution < -0.4 is 0 Å². The number of likely N-dealkylation sites (tertiary alicyclic amines) is 1. The maximum absolute atomic E-state index is 9.73. The molecule has 0 unspecified atom stereocenters. The van der Waals surface area contributed by atoms with Crippen LogP contribution in [0, 0.1) is 5.92 Å². The number of hydrogen-bond acceptors (Lipinski definition) is 2. The molecule has 1 saturated heterocycles. The van der Waals surface area contributed by atoms with Crippen molar-refractivity contribution in [2.45, 2.75) is 32.3 Å². The van der Waals surface area contributed by atoms with E-state index in [4.69, 9.17) is 0 Å². The maximum atomic E-state index is 9.73. The first-order chi connectivity index (χ1) is 5.00. The van der Waals surface area contributed by atoms with Gasteiger partial charge in [0.05, 0.1) is 5.60 Å². The molecule has 1 rings (SSSR count). The SMILES string of the molecule is CN1CCC[C@@H](C(C)(C)O)C1. The normalized spacial score (nSPS) is 28.9. The molecule has 0 aromatic heterocycles. The highest BCUT2D eigenvalue weighted by atomic mass is 16.3. The van der Waals surface area contributed by atoms with Crippen molar-refractivity contribution in [1.82, 2.24) is 4.90 Å². The average Bonchev–Trinajstić information content (AvgIpc) is 1.86. The number of hydrogen-bond donors (Lipinski definition) is 1. The number of nitrogens with zero attached hydrogens (tertiary/aromatic N) is 1. The van der Waals surface area contributed by atoms with Crippen molar-refractivity contribution in [1.29, 1.82) is 0 Å².